The number of hydrogen-bond donors (Lipinski definition) is 0. The Bertz CT molecular complexity index is 745. The summed E-state index contributed by atoms with van der Waals surface area (Å²) in [5.74, 6) is 0.500. The fourth-order valence-electron chi connectivity index (χ4n) is 1.96. The zero-order valence-electron chi connectivity index (χ0n) is 13.3. The first kappa shape index (κ1) is 16.9. The highest BCUT2D eigenvalue weighted by Crippen LogP contribution is 2.31. The molecule has 22 heavy (non-hydrogen) atoms. The monoisotopic (exact) mass is 338 g/mol. The third-order valence-corrected chi connectivity index (χ3v) is 4.72. The Labute approximate surface area is 138 Å². The molecule has 2 aromatic rings. The van der Waals surface area contributed by atoms with Crippen LogP contribution in [0.25, 0.3) is 11.1 Å². The summed E-state index contributed by atoms with van der Waals surface area (Å²) < 4.78 is 21.1. The Morgan fingerprint density at radius 3 is 2.59 bits per heavy atom. The number of benzene rings is 1. The van der Waals surface area contributed by atoms with Gasteiger partial charge >= 0.3 is 0 Å². The van der Waals surface area contributed by atoms with Gasteiger partial charge in [0.25, 0.3) is 0 Å². The number of nitrogens with zero attached hydrogens (tertiary/aromatic N) is 2. The van der Waals surface area contributed by atoms with Crippen molar-refractivity contribution >= 4 is 28.8 Å². The van der Waals surface area contributed by atoms with Crippen molar-refractivity contribution in [1.29, 1.82) is 0 Å². The molecule has 0 aliphatic heterocycles. The van der Waals surface area contributed by atoms with Crippen LogP contribution in [0.15, 0.2) is 27.1 Å². The van der Waals surface area contributed by atoms with Crippen molar-refractivity contribution in [2.75, 3.05) is 0 Å². The average Bonchev–Trinajstić information content (AvgIpc) is 2.76. The van der Waals surface area contributed by atoms with E-state index in [2.05, 4.69) is 9.55 Å². The van der Waals surface area contributed by atoms with E-state index in [1.165, 1.54) is 6.21 Å². The number of halogens is 1. The second-order valence-electron chi connectivity index (χ2n) is 6.06. The highest BCUT2D eigenvalue weighted by molar-refractivity contribution is 7.85. The lowest BCUT2D eigenvalue weighted by Gasteiger charge is -2.12. The molecule has 0 aliphatic rings. The van der Waals surface area contributed by atoms with Crippen molar-refractivity contribution in [3.05, 3.63) is 40.2 Å². The molecule has 1 aromatic heterocycles. The molecule has 0 amide bonds. The fourth-order valence-corrected chi connectivity index (χ4v) is 2.70. The van der Waals surface area contributed by atoms with Gasteiger partial charge in [-0.2, -0.15) is 4.40 Å². The summed E-state index contributed by atoms with van der Waals surface area (Å²) in [6, 6.07) is 5.64. The number of rotatable bonds is 3. The van der Waals surface area contributed by atoms with Crippen molar-refractivity contribution in [2.24, 2.45) is 4.40 Å². The van der Waals surface area contributed by atoms with Crippen molar-refractivity contribution in [3.63, 3.8) is 0 Å². The summed E-state index contributed by atoms with van der Waals surface area (Å²) in [6.07, 6.45) is 1.49. The van der Waals surface area contributed by atoms with Crippen LogP contribution < -0.4 is 0 Å². The Kier molecular flexibility index (Phi) is 4.87. The van der Waals surface area contributed by atoms with Crippen LogP contribution >= 0.6 is 11.6 Å². The molecule has 0 saturated heterocycles. The van der Waals surface area contributed by atoms with Gasteiger partial charge < -0.3 is 4.52 Å². The fraction of sp³-hybridized carbons (Fsp3) is 0.375. The molecule has 1 unspecified atom stereocenters. The Hall–Kier alpha value is -1.46. The van der Waals surface area contributed by atoms with E-state index in [1.54, 1.807) is 0 Å². The summed E-state index contributed by atoms with van der Waals surface area (Å²) in [7, 11) is -1.34. The lowest BCUT2D eigenvalue weighted by atomic mass is 9.99. The first-order valence-electron chi connectivity index (χ1n) is 6.89. The van der Waals surface area contributed by atoms with Crippen LogP contribution in [0.2, 0.25) is 5.02 Å². The van der Waals surface area contributed by atoms with Crippen molar-refractivity contribution in [1.82, 2.24) is 5.16 Å². The van der Waals surface area contributed by atoms with E-state index in [-0.39, 0.29) is 0 Å². The van der Waals surface area contributed by atoms with Gasteiger partial charge in [-0.1, -0.05) is 22.8 Å². The summed E-state index contributed by atoms with van der Waals surface area (Å²) in [5.41, 5.74) is 3.61. The maximum atomic E-state index is 12.0. The quantitative estimate of drug-likeness (QED) is 0.774. The van der Waals surface area contributed by atoms with Crippen LogP contribution in [0.3, 0.4) is 0 Å². The van der Waals surface area contributed by atoms with Crippen LogP contribution in [0.1, 0.15) is 37.8 Å². The normalized spacial score (nSPS) is 13.7. The van der Waals surface area contributed by atoms with Crippen molar-refractivity contribution in [2.45, 2.75) is 39.4 Å². The van der Waals surface area contributed by atoms with Crippen LogP contribution in [0.5, 0.6) is 0 Å². The third-order valence-electron chi connectivity index (χ3n) is 3.14. The molecule has 118 valence electrons. The summed E-state index contributed by atoms with van der Waals surface area (Å²) in [6.45, 7) is 9.45. The number of hydrogen-bond acceptors (Lipinski definition) is 3. The summed E-state index contributed by atoms with van der Waals surface area (Å²) in [5, 5.41) is 4.68. The van der Waals surface area contributed by atoms with Crippen LogP contribution in [-0.4, -0.2) is 20.3 Å². The zero-order valence-corrected chi connectivity index (χ0v) is 14.9. The third kappa shape index (κ3) is 3.65. The molecule has 2 rings (SSSR count). The smallest absolute Gasteiger partial charge is 0.186 e. The van der Waals surface area contributed by atoms with E-state index in [0.29, 0.717) is 10.8 Å². The van der Waals surface area contributed by atoms with Gasteiger partial charge in [0.05, 0.1) is 22.2 Å². The van der Waals surface area contributed by atoms with Gasteiger partial charge in [0.2, 0.25) is 0 Å². The van der Waals surface area contributed by atoms with Crippen molar-refractivity contribution < 1.29 is 8.73 Å². The van der Waals surface area contributed by atoms with Crippen LogP contribution in [0.4, 0.5) is 0 Å². The topological polar surface area (TPSA) is 55.5 Å². The largest absolute Gasteiger partial charge is 0.354 e. The zero-order chi connectivity index (χ0) is 16.5. The Balaban J connectivity index is 2.45. The Morgan fingerprint density at radius 2 is 2.00 bits per heavy atom. The molecule has 0 spiro atoms. The van der Waals surface area contributed by atoms with Gasteiger partial charge in [-0.3, -0.25) is 0 Å². The van der Waals surface area contributed by atoms with E-state index in [1.807, 2.05) is 52.8 Å². The second kappa shape index (κ2) is 6.34. The lowest BCUT2D eigenvalue weighted by molar-refractivity contribution is 0.411. The van der Waals surface area contributed by atoms with Gasteiger partial charge in [-0.05, 0) is 57.9 Å². The van der Waals surface area contributed by atoms with Crippen LogP contribution in [-0.2, 0) is 11.0 Å². The minimum absolute atomic E-state index is 0.415. The molecular formula is C16H19ClN2O2S. The molecule has 6 heteroatoms. The first-order chi connectivity index (χ1) is 10.2. The maximum Gasteiger partial charge on any atom is 0.186 e. The van der Waals surface area contributed by atoms with E-state index in [0.717, 1.165) is 22.4 Å². The molecule has 0 fully saturated rings. The molecule has 0 saturated carbocycles. The Morgan fingerprint density at radius 1 is 1.32 bits per heavy atom. The van der Waals surface area contributed by atoms with E-state index in [9.17, 15) is 4.21 Å². The van der Waals surface area contributed by atoms with Gasteiger partial charge in [0.15, 0.2) is 5.76 Å². The summed E-state index contributed by atoms with van der Waals surface area (Å²) in [4.78, 5) is 0. The van der Waals surface area contributed by atoms with Crippen LogP contribution in [0, 0.1) is 13.8 Å². The van der Waals surface area contributed by atoms with E-state index >= 15 is 0 Å². The SMILES string of the molecule is Cc1cc(Cl)ccc1-c1c(C)noc1C=NS(=O)C(C)(C)C. The predicted octanol–water partition coefficient (Wildman–Crippen LogP) is 4.49. The highest BCUT2D eigenvalue weighted by Gasteiger charge is 2.20. The molecule has 4 nitrogen and oxygen atoms in total. The molecule has 0 N–H and O–H groups in total. The molecule has 1 heterocycles. The highest BCUT2D eigenvalue weighted by atomic mass is 35.5. The predicted molar refractivity (Wildman–Crippen MR) is 91.9 cm³/mol. The van der Waals surface area contributed by atoms with Crippen molar-refractivity contribution in [3.8, 4) is 11.1 Å². The molecule has 0 bridgehead atoms. The van der Waals surface area contributed by atoms with Gasteiger partial charge in [-0.25, -0.2) is 4.21 Å². The molecule has 0 aliphatic carbocycles. The minimum Gasteiger partial charge on any atom is -0.354 e. The van der Waals surface area contributed by atoms with Gasteiger partial charge in [0.1, 0.15) is 11.0 Å². The lowest BCUT2D eigenvalue weighted by Crippen LogP contribution is -2.19. The first-order valence-corrected chi connectivity index (χ1v) is 8.37. The van der Waals surface area contributed by atoms with Gasteiger partial charge in [0, 0.05) is 5.02 Å². The van der Waals surface area contributed by atoms with E-state index in [4.69, 9.17) is 16.1 Å². The molecule has 1 atom stereocenters. The molecule has 0 radical (unpaired) electrons. The number of aryl methyl sites for hydroxylation is 2. The standard InChI is InChI=1S/C16H19ClN2O2S/c1-10-8-12(17)6-7-13(10)15-11(2)19-21-14(15)9-18-22(20)16(3,4)5/h6-9H,1-5H3. The van der Waals surface area contributed by atoms with E-state index < -0.39 is 15.7 Å². The number of aromatic nitrogens is 1. The average molecular weight is 339 g/mol. The minimum atomic E-state index is -1.34. The van der Waals surface area contributed by atoms with Gasteiger partial charge in [-0.15, -0.1) is 0 Å². The second-order valence-corrected chi connectivity index (χ2v) is 8.43. The maximum absolute atomic E-state index is 12.0. The molecule has 1 aromatic carbocycles. The molecular weight excluding hydrogens is 320 g/mol. The summed E-state index contributed by atoms with van der Waals surface area (Å²) >= 11 is 6.01.